The first kappa shape index (κ1) is 17.7. The summed E-state index contributed by atoms with van der Waals surface area (Å²) in [5.74, 6) is 0.418. The maximum absolute atomic E-state index is 12.3. The summed E-state index contributed by atoms with van der Waals surface area (Å²) in [5, 5.41) is 12.3. The highest BCUT2D eigenvalue weighted by atomic mass is 35.5. The Labute approximate surface area is 117 Å². The zero-order valence-corrected chi connectivity index (χ0v) is 12.2. The molecule has 0 spiro atoms. The molecule has 0 aromatic heterocycles. The average Bonchev–Trinajstić information content (AvgIpc) is 2.38. The summed E-state index contributed by atoms with van der Waals surface area (Å²) in [6.07, 6.45) is 5.24. The van der Waals surface area contributed by atoms with E-state index < -0.39 is 0 Å². The molecule has 5 heteroatoms. The predicted molar refractivity (Wildman–Crippen MR) is 76.0 cm³/mol. The van der Waals surface area contributed by atoms with Gasteiger partial charge in [0, 0.05) is 19.0 Å². The van der Waals surface area contributed by atoms with Crippen molar-refractivity contribution < 1.29 is 9.90 Å². The van der Waals surface area contributed by atoms with E-state index in [1.54, 1.807) is 0 Å². The van der Waals surface area contributed by atoms with E-state index in [9.17, 15) is 4.79 Å². The van der Waals surface area contributed by atoms with Gasteiger partial charge in [-0.15, -0.1) is 12.4 Å². The molecule has 1 fully saturated rings. The standard InChI is InChI=1S/C13H26N2O2.ClH/c1-2-3-4-9-15(10-11-16)13(17)12-5-7-14-8-6-12;/h12,14,16H,2-11H2,1H3;1H. The average molecular weight is 279 g/mol. The molecule has 0 radical (unpaired) electrons. The first-order valence-corrected chi connectivity index (χ1v) is 6.90. The molecule has 0 aromatic carbocycles. The number of nitrogens with one attached hydrogen (secondary N) is 1. The zero-order chi connectivity index (χ0) is 12.5. The maximum Gasteiger partial charge on any atom is 0.225 e. The summed E-state index contributed by atoms with van der Waals surface area (Å²) in [6.45, 7) is 5.41. The second-order valence-electron chi connectivity index (χ2n) is 4.78. The van der Waals surface area contributed by atoms with E-state index in [1.165, 1.54) is 0 Å². The molecule has 1 aliphatic heterocycles. The van der Waals surface area contributed by atoms with Crippen molar-refractivity contribution in [3.63, 3.8) is 0 Å². The highest BCUT2D eigenvalue weighted by Gasteiger charge is 2.25. The van der Waals surface area contributed by atoms with Gasteiger partial charge >= 0.3 is 0 Å². The fraction of sp³-hybridized carbons (Fsp3) is 0.923. The van der Waals surface area contributed by atoms with Crippen LogP contribution in [-0.4, -0.2) is 48.7 Å². The van der Waals surface area contributed by atoms with Gasteiger partial charge in [-0.05, 0) is 32.4 Å². The Kier molecular flexibility index (Phi) is 10.4. The maximum atomic E-state index is 12.3. The molecule has 2 N–H and O–H groups in total. The fourth-order valence-electron chi connectivity index (χ4n) is 2.33. The number of carbonyl (C=O) groups excluding carboxylic acids is 1. The molecule has 108 valence electrons. The van der Waals surface area contributed by atoms with E-state index in [1.807, 2.05) is 4.90 Å². The van der Waals surface area contributed by atoms with E-state index in [4.69, 9.17) is 5.11 Å². The van der Waals surface area contributed by atoms with Crippen LogP contribution in [0.25, 0.3) is 0 Å². The summed E-state index contributed by atoms with van der Waals surface area (Å²) < 4.78 is 0. The Hall–Kier alpha value is -0.320. The van der Waals surface area contributed by atoms with E-state index in [0.29, 0.717) is 6.54 Å². The molecule has 18 heavy (non-hydrogen) atoms. The van der Waals surface area contributed by atoms with E-state index in [0.717, 1.165) is 51.7 Å². The molecule has 0 aliphatic carbocycles. The molecular formula is C13H27ClN2O2. The highest BCUT2D eigenvalue weighted by molar-refractivity contribution is 5.85. The van der Waals surface area contributed by atoms with Crippen molar-refractivity contribution in [3.05, 3.63) is 0 Å². The number of nitrogens with zero attached hydrogens (tertiary/aromatic N) is 1. The molecule has 4 nitrogen and oxygen atoms in total. The molecule has 0 saturated carbocycles. The Morgan fingerprint density at radius 3 is 2.50 bits per heavy atom. The Morgan fingerprint density at radius 1 is 1.28 bits per heavy atom. The molecule has 0 atom stereocenters. The fourth-order valence-corrected chi connectivity index (χ4v) is 2.33. The van der Waals surface area contributed by atoms with Gasteiger partial charge < -0.3 is 15.3 Å². The van der Waals surface area contributed by atoms with Gasteiger partial charge in [-0.3, -0.25) is 4.79 Å². The number of rotatable bonds is 7. The summed E-state index contributed by atoms with van der Waals surface area (Å²) in [6, 6.07) is 0. The van der Waals surface area contributed by atoms with Crippen LogP contribution >= 0.6 is 12.4 Å². The van der Waals surface area contributed by atoms with Gasteiger partial charge in [0.25, 0.3) is 0 Å². The van der Waals surface area contributed by atoms with Crippen molar-refractivity contribution >= 4 is 18.3 Å². The lowest BCUT2D eigenvalue weighted by Gasteiger charge is -2.29. The number of hydrogen-bond acceptors (Lipinski definition) is 3. The summed E-state index contributed by atoms with van der Waals surface area (Å²) in [4.78, 5) is 14.1. The van der Waals surface area contributed by atoms with E-state index in [-0.39, 0.29) is 30.8 Å². The molecule has 1 rings (SSSR count). The number of aliphatic hydroxyl groups excluding tert-OH is 1. The van der Waals surface area contributed by atoms with Crippen LogP contribution in [-0.2, 0) is 4.79 Å². The lowest BCUT2D eigenvalue weighted by atomic mass is 9.96. The zero-order valence-electron chi connectivity index (χ0n) is 11.4. The number of piperidine rings is 1. The minimum Gasteiger partial charge on any atom is -0.395 e. The quantitative estimate of drug-likeness (QED) is 0.693. The Balaban J connectivity index is 0.00000289. The first-order valence-electron chi connectivity index (χ1n) is 6.90. The van der Waals surface area contributed by atoms with Gasteiger partial charge in [0.05, 0.1) is 6.61 Å². The van der Waals surface area contributed by atoms with Crippen molar-refractivity contribution in [1.29, 1.82) is 0 Å². The number of unbranched alkanes of at least 4 members (excludes halogenated alkanes) is 2. The van der Waals surface area contributed by atoms with Crippen LogP contribution in [0.1, 0.15) is 39.0 Å². The first-order chi connectivity index (χ1) is 8.29. The molecule has 0 bridgehead atoms. The minimum atomic E-state index is 0. The lowest BCUT2D eigenvalue weighted by Crippen LogP contribution is -2.42. The SMILES string of the molecule is CCCCCN(CCO)C(=O)C1CCNCC1.Cl. The van der Waals surface area contributed by atoms with Crippen molar-refractivity contribution in [2.24, 2.45) is 5.92 Å². The van der Waals surface area contributed by atoms with Gasteiger partial charge in [-0.1, -0.05) is 19.8 Å². The lowest BCUT2D eigenvalue weighted by molar-refractivity contribution is -0.137. The van der Waals surface area contributed by atoms with Crippen LogP contribution in [0.2, 0.25) is 0 Å². The van der Waals surface area contributed by atoms with Gasteiger partial charge in [0.15, 0.2) is 0 Å². The molecule has 1 saturated heterocycles. The van der Waals surface area contributed by atoms with Crippen molar-refractivity contribution in [1.82, 2.24) is 10.2 Å². The summed E-state index contributed by atoms with van der Waals surface area (Å²) >= 11 is 0. The highest BCUT2D eigenvalue weighted by Crippen LogP contribution is 2.15. The topological polar surface area (TPSA) is 52.6 Å². The van der Waals surface area contributed by atoms with Crippen LogP contribution in [0, 0.1) is 5.92 Å². The number of amides is 1. The third-order valence-electron chi connectivity index (χ3n) is 3.40. The molecule has 0 aromatic rings. The third-order valence-corrected chi connectivity index (χ3v) is 3.40. The van der Waals surface area contributed by atoms with Crippen LogP contribution in [0.3, 0.4) is 0 Å². The number of carbonyl (C=O) groups is 1. The van der Waals surface area contributed by atoms with Crippen LogP contribution in [0.5, 0.6) is 0 Å². The number of hydrogen-bond donors (Lipinski definition) is 2. The molecular weight excluding hydrogens is 252 g/mol. The van der Waals surface area contributed by atoms with Gasteiger partial charge in [0.2, 0.25) is 5.91 Å². The molecule has 1 aliphatic rings. The minimum absolute atomic E-state index is 0. The van der Waals surface area contributed by atoms with Crippen molar-refractivity contribution in [2.45, 2.75) is 39.0 Å². The second kappa shape index (κ2) is 10.6. The molecule has 1 heterocycles. The van der Waals surface area contributed by atoms with Gasteiger partial charge in [-0.2, -0.15) is 0 Å². The van der Waals surface area contributed by atoms with Gasteiger partial charge in [-0.25, -0.2) is 0 Å². The normalized spacial score (nSPS) is 16.1. The third kappa shape index (κ3) is 6.03. The predicted octanol–water partition coefficient (Wildman–Crippen LogP) is 1.42. The summed E-state index contributed by atoms with van der Waals surface area (Å²) in [5.41, 5.74) is 0. The van der Waals surface area contributed by atoms with Crippen LogP contribution in [0.4, 0.5) is 0 Å². The van der Waals surface area contributed by atoms with Crippen molar-refractivity contribution in [3.8, 4) is 0 Å². The van der Waals surface area contributed by atoms with E-state index >= 15 is 0 Å². The van der Waals surface area contributed by atoms with Crippen LogP contribution < -0.4 is 5.32 Å². The second-order valence-corrected chi connectivity index (χ2v) is 4.78. The monoisotopic (exact) mass is 278 g/mol. The smallest absolute Gasteiger partial charge is 0.225 e. The number of aliphatic hydroxyl groups is 1. The van der Waals surface area contributed by atoms with E-state index in [2.05, 4.69) is 12.2 Å². The number of halogens is 1. The molecule has 0 unspecified atom stereocenters. The Bertz CT molecular complexity index is 221. The largest absolute Gasteiger partial charge is 0.395 e. The van der Waals surface area contributed by atoms with Gasteiger partial charge in [0.1, 0.15) is 0 Å². The Morgan fingerprint density at radius 2 is 1.94 bits per heavy atom. The van der Waals surface area contributed by atoms with Crippen LogP contribution in [0.15, 0.2) is 0 Å². The summed E-state index contributed by atoms with van der Waals surface area (Å²) in [7, 11) is 0. The molecule has 1 amide bonds. The van der Waals surface area contributed by atoms with Crippen molar-refractivity contribution in [2.75, 3.05) is 32.8 Å².